The van der Waals surface area contributed by atoms with Crippen molar-refractivity contribution >= 4 is 28.9 Å². The summed E-state index contributed by atoms with van der Waals surface area (Å²) in [4.78, 5) is 7.86. The number of benzene rings is 1. The van der Waals surface area contributed by atoms with E-state index in [0.717, 1.165) is 5.56 Å². The summed E-state index contributed by atoms with van der Waals surface area (Å²) in [7, 11) is 0. The molecule has 5 heteroatoms. The minimum Gasteiger partial charge on any atom is -0.394 e. The van der Waals surface area contributed by atoms with Crippen molar-refractivity contribution in [1.82, 2.24) is 9.97 Å². The highest BCUT2D eigenvalue weighted by molar-refractivity contribution is 6.32. The van der Waals surface area contributed by atoms with Crippen molar-refractivity contribution < 1.29 is 0 Å². The Balaban J connectivity index is 2.54. The molecule has 76 valence electrons. The van der Waals surface area contributed by atoms with Crippen LogP contribution in [0.25, 0.3) is 11.3 Å². The molecule has 0 aliphatic carbocycles. The lowest BCUT2D eigenvalue weighted by molar-refractivity contribution is 1.18. The minimum absolute atomic E-state index is 0.259. The van der Waals surface area contributed by atoms with Gasteiger partial charge in [-0.3, -0.25) is 0 Å². The van der Waals surface area contributed by atoms with Crippen LogP contribution in [0.3, 0.4) is 0 Å². The Bertz CT molecular complexity index is 483. The van der Waals surface area contributed by atoms with Gasteiger partial charge in [-0.15, -0.1) is 0 Å². The predicted octanol–water partition coefficient (Wildman–Crippen LogP) is 3.03. The summed E-state index contributed by atoms with van der Waals surface area (Å²) >= 11 is 11.6. The summed E-state index contributed by atoms with van der Waals surface area (Å²) in [5, 5.41) is 0.924. The van der Waals surface area contributed by atoms with Gasteiger partial charge in [-0.2, -0.15) is 0 Å². The van der Waals surface area contributed by atoms with E-state index in [1.807, 2.05) is 12.1 Å². The SMILES string of the molecule is Nc1c(Cl)ncnc1-c1ccc(Cl)cc1. The monoisotopic (exact) mass is 239 g/mol. The highest BCUT2D eigenvalue weighted by Gasteiger charge is 2.07. The van der Waals surface area contributed by atoms with E-state index in [1.165, 1.54) is 6.33 Å². The summed E-state index contributed by atoms with van der Waals surface area (Å²) in [6.07, 6.45) is 1.38. The average molecular weight is 240 g/mol. The number of halogens is 2. The van der Waals surface area contributed by atoms with E-state index in [0.29, 0.717) is 16.4 Å². The summed E-state index contributed by atoms with van der Waals surface area (Å²) in [5.41, 5.74) is 7.62. The van der Waals surface area contributed by atoms with E-state index < -0.39 is 0 Å². The lowest BCUT2D eigenvalue weighted by Gasteiger charge is -2.04. The van der Waals surface area contributed by atoms with Crippen molar-refractivity contribution in [2.24, 2.45) is 0 Å². The topological polar surface area (TPSA) is 51.8 Å². The zero-order valence-electron chi connectivity index (χ0n) is 7.61. The Morgan fingerprint density at radius 1 is 1.00 bits per heavy atom. The van der Waals surface area contributed by atoms with Crippen molar-refractivity contribution in [3.05, 3.63) is 40.8 Å². The van der Waals surface area contributed by atoms with Gasteiger partial charge in [0.15, 0.2) is 5.15 Å². The molecule has 1 aromatic heterocycles. The Labute approximate surface area is 96.9 Å². The second-order valence-electron chi connectivity index (χ2n) is 2.93. The molecule has 2 N–H and O–H groups in total. The summed E-state index contributed by atoms with van der Waals surface area (Å²) in [6.45, 7) is 0. The molecular formula is C10H7Cl2N3. The summed E-state index contributed by atoms with van der Waals surface area (Å²) in [6, 6.07) is 7.20. The van der Waals surface area contributed by atoms with Gasteiger partial charge in [-0.05, 0) is 12.1 Å². The number of hydrogen-bond donors (Lipinski definition) is 1. The zero-order chi connectivity index (χ0) is 10.8. The third kappa shape index (κ3) is 2.03. The van der Waals surface area contributed by atoms with Crippen LogP contribution < -0.4 is 5.73 Å². The zero-order valence-corrected chi connectivity index (χ0v) is 9.13. The third-order valence-corrected chi connectivity index (χ3v) is 2.51. The van der Waals surface area contributed by atoms with Gasteiger partial charge in [-0.1, -0.05) is 35.3 Å². The fourth-order valence-electron chi connectivity index (χ4n) is 1.21. The van der Waals surface area contributed by atoms with Crippen molar-refractivity contribution in [2.75, 3.05) is 5.73 Å². The molecule has 0 unspecified atom stereocenters. The number of nitrogens with two attached hydrogens (primary N) is 1. The molecular weight excluding hydrogens is 233 g/mol. The molecule has 0 radical (unpaired) electrons. The van der Waals surface area contributed by atoms with Gasteiger partial charge in [0.25, 0.3) is 0 Å². The molecule has 0 fully saturated rings. The van der Waals surface area contributed by atoms with Gasteiger partial charge >= 0.3 is 0 Å². The fourth-order valence-corrected chi connectivity index (χ4v) is 1.47. The molecule has 3 nitrogen and oxygen atoms in total. The standard InChI is InChI=1S/C10H7Cl2N3/c11-7-3-1-6(2-4-7)9-8(13)10(12)15-5-14-9/h1-5H,13H2. The average Bonchev–Trinajstić information content (AvgIpc) is 2.24. The quantitative estimate of drug-likeness (QED) is 0.779. The minimum atomic E-state index is 0.259. The summed E-state index contributed by atoms with van der Waals surface area (Å²) in [5.74, 6) is 0. The Hall–Kier alpha value is -1.32. The van der Waals surface area contributed by atoms with Crippen molar-refractivity contribution in [1.29, 1.82) is 0 Å². The number of rotatable bonds is 1. The van der Waals surface area contributed by atoms with Crippen LogP contribution in [0.5, 0.6) is 0 Å². The van der Waals surface area contributed by atoms with E-state index in [-0.39, 0.29) is 5.15 Å². The second kappa shape index (κ2) is 4.04. The summed E-state index contributed by atoms with van der Waals surface area (Å²) < 4.78 is 0. The van der Waals surface area contributed by atoms with Crippen molar-refractivity contribution in [3.8, 4) is 11.3 Å². The Morgan fingerprint density at radius 3 is 2.33 bits per heavy atom. The van der Waals surface area contributed by atoms with E-state index in [1.54, 1.807) is 12.1 Å². The maximum Gasteiger partial charge on any atom is 0.155 e. The first-order chi connectivity index (χ1) is 7.18. The molecule has 0 aliphatic heterocycles. The van der Waals surface area contributed by atoms with Crippen LogP contribution in [0.1, 0.15) is 0 Å². The highest BCUT2D eigenvalue weighted by Crippen LogP contribution is 2.28. The van der Waals surface area contributed by atoms with Crippen LogP contribution in [0, 0.1) is 0 Å². The highest BCUT2D eigenvalue weighted by atomic mass is 35.5. The molecule has 0 atom stereocenters. The molecule has 0 saturated heterocycles. The molecule has 0 bridgehead atoms. The number of aromatic nitrogens is 2. The largest absolute Gasteiger partial charge is 0.394 e. The maximum atomic E-state index is 5.79. The molecule has 0 saturated carbocycles. The van der Waals surface area contributed by atoms with Crippen molar-refractivity contribution in [3.63, 3.8) is 0 Å². The molecule has 0 amide bonds. The Morgan fingerprint density at radius 2 is 1.67 bits per heavy atom. The third-order valence-electron chi connectivity index (χ3n) is 1.95. The molecule has 2 rings (SSSR count). The van der Waals surface area contributed by atoms with Gasteiger partial charge in [0.05, 0.1) is 11.4 Å². The number of anilines is 1. The number of hydrogen-bond acceptors (Lipinski definition) is 3. The van der Waals surface area contributed by atoms with Crippen LogP contribution in [0.4, 0.5) is 5.69 Å². The number of nitrogens with zero attached hydrogens (tertiary/aromatic N) is 2. The van der Waals surface area contributed by atoms with E-state index in [4.69, 9.17) is 28.9 Å². The van der Waals surface area contributed by atoms with Gasteiger partial charge in [-0.25, -0.2) is 9.97 Å². The van der Waals surface area contributed by atoms with E-state index in [2.05, 4.69) is 9.97 Å². The van der Waals surface area contributed by atoms with Crippen molar-refractivity contribution in [2.45, 2.75) is 0 Å². The molecule has 15 heavy (non-hydrogen) atoms. The first-order valence-corrected chi connectivity index (χ1v) is 4.96. The van der Waals surface area contributed by atoms with Crippen LogP contribution in [0.2, 0.25) is 10.2 Å². The van der Waals surface area contributed by atoms with Gasteiger partial charge < -0.3 is 5.73 Å². The van der Waals surface area contributed by atoms with Crippen LogP contribution in [-0.2, 0) is 0 Å². The van der Waals surface area contributed by atoms with Gasteiger partial charge in [0.2, 0.25) is 0 Å². The first-order valence-electron chi connectivity index (χ1n) is 4.20. The normalized spacial score (nSPS) is 10.3. The molecule has 1 heterocycles. The molecule has 2 aromatic rings. The molecule has 1 aromatic carbocycles. The molecule has 0 aliphatic rings. The first kappa shape index (κ1) is 10.2. The van der Waals surface area contributed by atoms with Gasteiger partial charge in [0.1, 0.15) is 6.33 Å². The van der Waals surface area contributed by atoms with E-state index in [9.17, 15) is 0 Å². The fraction of sp³-hybridized carbons (Fsp3) is 0. The van der Waals surface area contributed by atoms with Gasteiger partial charge in [0, 0.05) is 10.6 Å². The lowest BCUT2D eigenvalue weighted by Crippen LogP contribution is -1.96. The van der Waals surface area contributed by atoms with Crippen LogP contribution >= 0.6 is 23.2 Å². The van der Waals surface area contributed by atoms with E-state index >= 15 is 0 Å². The second-order valence-corrected chi connectivity index (χ2v) is 3.73. The van der Waals surface area contributed by atoms with Crippen LogP contribution in [0.15, 0.2) is 30.6 Å². The molecule has 0 spiro atoms. The number of nitrogen functional groups attached to an aromatic ring is 1. The smallest absolute Gasteiger partial charge is 0.155 e. The maximum absolute atomic E-state index is 5.79. The lowest BCUT2D eigenvalue weighted by atomic mass is 10.1. The van der Waals surface area contributed by atoms with Crippen LogP contribution in [-0.4, -0.2) is 9.97 Å². The predicted molar refractivity (Wildman–Crippen MR) is 61.9 cm³/mol. The Kier molecular flexibility index (Phi) is 2.75.